The van der Waals surface area contributed by atoms with Crippen molar-refractivity contribution in [1.82, 2.24) is 0 Å². The second-order valence-corrected chi connectivity index (χ2v) is 5.70. The summed E-state index contributed by atoms with van der Waals surface area (Å²) < 4.78 is 5.29. The van der Waals surface area contributed by atoms with E-state index < -0.39 is 5.41 Å². The van der Waals surface area contributed by atoms with E-state index in [-0.39, 0.29) is 11.9 Å². The van der Waals surface area contributed by atoms with Crippen LogP contribution in [0.5, 0.6) is 0 Å². The highest BCUT2D eigenvalue weighted by Gasteiger charge is 2.23. The molecule has 0 radical (unpaired) electrons. The standard InChI is InChI=1S/C16H27NO2/c1-6-7-8-9-13(2)10-14(11-17)12-19-15(18)16(3,4)5/h6-9,14H,2,10-12,17H2,1,3-5H3/b7-6-,9-8-. The van der Waals surface area contributed by atoms with Gasteiger partial charge in [0.05, 0.1) is 12.0 Å². The van der Waals surface area contributed by atoms with Crippen molar-refractivity contribution in [1.29, 1.82) is 0 Å². The lowest BCUT2D eigenvalue weighted by atomic mass is 9.97. The van der Waals surface area contributed by atoms with E-state index in [1.165, 1.54) is 0 Å². The number of hydrogen-bond acceptors (Lipinski definition) is 3. The van der Waals surface area contributed by atoms with Crippen LogP contribution in [0.15, 0.2) is 36.5 Å². The molecule has 0 aromatic heterocycles. The van der Waals surface area contributed by atoms with Crippen molar-refractivity contribution in [3.05, 3.63) is 36.5 Å². The highest BCUT2D eigenvalue weighted by molar-refractivity contribution is 5.75. The van der Waals surface area contributed by atoms with Crippen LogP contribution in [0.4, 0.5) is 0 Å². The zero-order valence-corrected chi connectivity index (χ0v) is 12.6. The van der Waals surface area contributed by atoms with E-state index in [4.69, 9.17) is 10.5 Å². The van der Waals surface area contributed by atoms with E-state index in [1.54, 1.807) is 0 Å². The SMILES string of the molecule is C=C(/C=C\C=C/C)CC(CN)COC(=O)C(C)(C)C. The summed E-state index contributed by atoms with van der Waals surface area (Å²) in [5.41, 5.74) is 6.22. The van der Waals surface area contributed by atoms with Gasteiger partial charge in [-0.3, -0.25) is 4.79 Å². The van der Waals surface area contributed by atoms with Gasteiger partial charge in [0, 0.05) is 5.92 Å². The zero-order chi connectivity index (χ0) is 14.9. The van der Waals surface area contributed by atoms with Gasteiger partial charge in [0.25, 0.3) is 0 Å². The number of allylic oxidation sites excluding steroid dienone is 5. The van der Waals surface area contributed by atoms with Gasteiger partial charge in [-0.15, -0.1) is 0 Å². The Morgan fingerprint density at radius 3 is 2.47 bits per heavy atom. The predicted octanol–water partition coefficient (Wildman–Crippen LogP) is 3.23. The van der Waals surface area contributed by atoms with E-state index >= 15 is 0 Å². The second kappa shape index (κ2) is 8.70. The molecular formula is C16H27NO2. The fourth-order valence-electron chi connectivity index (χ4n) is 1.36. The van der Waals surface area contributed by atoms with Gasteiger partial charge >= 0.3 is 5.97 Å². The Morgan fingerprint density at radius 1 is 1.37 bits per heavy atom. The Hall–Kier alpha value is -1.35. The summed E-state index contributed by atoms with van der Waals surface area (Å²) in [7, 11) is 0. The van der Waals surface area contributed by atoms with Gasteiger partial charge in [0.1, 0.15) is 0 Å². The molecule has 108 valence electrons. The van der Waals surface area contributed by atoms with Gasteiger partial charge < -0.3 is 10.5 Å². The monoisotopic (exact) mass is 265 g/mol. The summed E-state index contributed by atoms with van der Waals surface area (Å²) in [4.78, 5) is 11.7. The summed E-state index contributed by atoms with van der Waals surface area (Å²) in [6.45, 7) is 12.3. The minimum absolute atomic E-state index is 0.119. The number of rotatable bonds is 7. The van der Waals surface area contributed by atoms with Crippen LogP contribution in [-0.4, -0.2) is 19.1 Å². The smallest absolute Gasteiger partial charge is 0.311 e. The third kappa shape index (κ3) is 8.38. The number of ether oxygens (including phenoxy) is 1. The summed E-state index contributed by atoms with van der Waals surface area (Å²) in [5.74, 6) is -0.0740. The maximum absolute atomic E-state index is 11.7. The molecule has 0 rings (SSSR count). The van der Waals surface area contributed by atoms with E-state index in [1.807, 2.05) is 52.0 Å². The Bertz CT molecular complexity index is 348. The lowest BCUT2D eigenvalue weighted by molar-refractivity contribution is -0.154. The molecule has 0 amide bonds. The van der Waals surface area contributed by atoms with Gasteiger partial charge in [-0.25, -0.2) is 0 Å². The summed E-state index contributed by atoms with van der Waals surface area (Å²) >= 11 is 0. The molecule has 0 aliphatic heterocycles. The minimum Gasteiger partial charge on any atom is -0.465 e. The van der Waals surface area contributed by atoms with E-state index in [9.17, 15) is 4.79 Å². The summed E-state index contributed by atoms with van der Waals surface area (Å²) in [6, 6.07) is 0. The van der Waals surface area contributed by atoms with Crippen LogP contribution in [0.2, 0.25) is 0 Å². The van der Waals surface area contributed by atoms with Crippen molar-refractivity contribution in [2.24, 2.45) is 17.1 Å². The second-order valence-electron chi connectivity index (χ2n) is 5.70. The Balaban J connectivity index is 4.22. The molecule has 19 heavy (non-hydrogen) atoms. The quantitative estimate of drug-likeness (QED) is 0.568. The lowest BCUT2D eigenvalue weighted by Gasteiger charge is -2.20. The fraction of sp³-hybridized carbons (Fsp3) is 0.562. The molecule has 0 aromatic rings. The minimum atomic E-state index is -0.470. The van der Waals surface area contributed by atoms with Gasteiger partial charge in [0.2, 0.25) is 0 Å². The largest absolute Gasteiger partial charge is 0.465 e. The van der Waals surface area contributed by atoms with Crippen LogP contribution in [0, 0.1) is 11.3 Å². The van der Waals surface area contributed by atoms with Crippen LogP contribution < -0.4 is 5.73 Å². The van der Waals surface area contributed by atoms with E-state index in [0.717, 1.165) is 12.0 Å². The van der Waals surface area contributed by atoms with Gasteiger partial charge in [-0.2, -0.15) is 0 Å². The van der Waals surface area contributed by atoms with Crippen molar-refractivity contribution in [3.63, 3.8) is 0 Å². The highest BCUT2D eigenvalue weighted by Crippen LogP contribution is 2.17. The molecule has 0 bridgehead atoms. The first-order valence-electron chi connectivity index (χ1n) is 6.65. The molecular weight excluding hydrogens is 238 g/mol. The van der Waals surface area contributed by atoms with Crippen molar-refractivity contribution in [2.75, 3.05) is 13.2 Å². The first kappa shape index (κ1) is 17.6. The number of nitrogens with two attached hydrogens (primary N) is 1. The average Bonchev–Trinajstić information content (AvgIpc) is 2.33. The number of hydrogen-bond donors (Lipinski definition) is 1. The maximum atomic E-state index is 11.7. The topological polar surface area (TPSA) is 52.3 Å². The van der Waals surface area contributed by atoms with Crippen LogP contribution in [0.3, 0.4) is 0 Å². The molecule has 2 N–H and O–H groups in total. The van der Waals surface area contributed by atoms with Crippen molar-refractivity contribution in [2.45, 2.75) is 34.1 Å². The lowest BCUT2D eigenvalue weighted by Crippen LogP contribution is -2.28. The van der Waals surface area contributed by atoms with E-state index in [2.05, 4.69) is 6.58 Å². The fourth-order valence-corrected chi connectivity index (χ4v) is 1.36. The summed E-state index contributed by atoms with van der Waals surface area (Å²) in [5, 5.41) is 0. The maximum Gasteiger partial charge on any atom is 0.311 e. The first-order chi connectivity index (χ1) is 8.81. The van der Waals surface area contributed by atoms with Crippen LogP contribution in [-0.2, 0) is 9.53 Å². The first-order valence-corrected chi connectivity index (χ1v) is 6.65. The highest BCUT2D eigenvalue weighted by atomic mass is 16.5. The van der Waals surface area contributed by atoms with Crippen molar-refractivity contribution >= 4 is 5.97 Å². The molecule has 0 aliphatic carbocycles. The van der Waals surface area contributed by atoms with Crippen LogP contribution in [0.25, 0.3) is 0 Å². The molecule has 0 saturated heterocycles. The zero-order valence-electron chi connectivity index (χ0n) is 12.6. The van der Waals surface area contributed by atoms with Crippen molar-refractivity contribution in [3.8, 4) is 0 Å². The molecule has 0 fully saturated rings. The molecule has 0 saturated carbocycles. The Kier molecular flexibility index (Phi) is 8.08. The molecule has 1 atom stereocenters. The third-order valence-corrected chi connectivity index (χ3v) is 2.58. The molecule has 0 heterocycles. The molecule has 1 unspecified atom stereocenters. The van der Waals surface area contributed by atoms with Crippen LogP contribution in [0.1, 0.15) is 34.1 Å². The number of esters is 1. The van der Waals surface area contributed by atoms with Crippen LogP contribution >= 0.6 is 0 Å². The number of carbonyl (C=O) groups excluding carboxylic acids is 1. The molecule has 0 aliphatic rings. The summed E-state index contributed by atoms with van der Waals surface area (Å²) in [6.07, 6.45) is 8.53. The normalized spacial score (nSPS) is 13.9. The Morgan fingerprint density at radius 2 is 2.00 bits per heavy atom. The van der Waals surface area contributed by atoms with Gasteiger partial charge in [-0.05, 0) is 40.7 Å². The molecule has 3 nitrogen and oxygen atoms in total. The Labute approximate surface area is 117 Å². The third-order valence-electron chi connectivity index (χ3n) is 2.58. The average molecular weight is 265 g/mol. The van der Waals surface area contributed by atoms with Gasteiger partial charge in [0.15, 0.2) is 0 Å². The van der Waals surface area contributed by atoms with Gasteiger partial charge in [-0.1, -0.05) is 36.5 Å². The predicted molar refractivity (Wildman–Crippen MR) is 80.7 cm³/mol. The van der Waals surface area contributed by atoms with Crippen molar-refractivity contribution < 1.29 is 9.53 Å². The van der Waals surface area contributed by atoms with E-state index in [0.29, 0.717) is 13.2 Å². The molecule has 3 heteroatoms. The molecule has 0 aromatic carbocycles. The molecule has 0 spiro atoms. The number of carbonyl (C=O) groups is 1.